The summed E-state index contributed by atoms with van der Waals surface area (Å²) in [5.41, 5.74) is 0. The van der Waals surface area contributed by atoms with Crippen LogP contribution in [0.25, 0.3) is 0 Å². The average Bonchev–Trinajstić information content (AvgIpc) is 2.45. The van der Waals surface area contributed by atoms with Crippen molar-refractivity contribution in [3.05, 3.63) is 18.2 Å². The zero-order valence-corrected chi connectivity index (χ0v) is 13.6. The van der Waals surface area contributed by atoms with Crippen LogP contribution in [0, 0.1) is 0 Å². The summed E-state index contributed by atoms with van der Waals surface area (Å²) in [5, 5.41) is 3.32. The number of hydrogen-bond donors (Lipinski definition) is 1. The third-order valence-corrected chi connectivity index (χ3v) is 5.37. The van der Waals surface area contributed by atoms with Crippen LogP contribution < -0.4 is 14.8 Å². The van der Waals surface area contributed by atoms with Crippen LogP contribution in [0.1, 0.15) is 13.8 Å². The molecule has 1 aromatic carbocycles. The Bertz CT molecular complexity index is 593. The summed E-state index contributed by atoms with van der Waals surface area (Å²) >= 11 is 0. The Hall–Kier alpha value is -1.31. The van der Waals surface area contributed by atoms with E-state index in [1.54, 1.807) is 12.1 Å². The topological polar surface area (TPSA) is 67.9 Å². The van der Waals surface area contributed by atoms with Crippen molar-refractivity contribution in [2.24, 2.45) is 0 Å². The first-order chi connectivity index (χ1) is 9.88. The SMILES string of the molecule is COc1ccc(OC)c(S(=O)(=O)N2CC(C)NC(C)C2)c1. The zero-order valence-electron chi connectivity index (χ0n) is 12.8. The Morgan fingerprint density at radius 1 is 1.14 bits per heavy atom. The van der Waals surface area contributed by atoms with Crippen molar-refractivity contribution in [1.29, 1.82) is 0 Å². The highest BCUT2D eigenvalue weighted by atomic mass is 32.2. The van der Waals surface area contributed by atoms with Gasteiger partial charge in [-0.2, -0.15) is 4.31 Å². The summed E-state index contributed by atoms with van der Waals surface area (Å²) in [4.78, 5) is 0.144. The number of piperazine rings is 1. The van der Waals surface area contributed by atoms with Crippen molar-refractivity contribution in [3.8, 4) is 11.5 Å². The molecule has 1 aliphatic heterocycles. The fourth-order valence-corrected chi connectivity index (χ4v) is 4.39. The van der Waals surface area contributed by atoms with Gasteiger partial charge in [0.1, 0.15) is 16.4 Å². The van der Waals surface area contributed by atoms with Gasteiger partial charge in [-0.05, 0) is 26.0 Å². The quantitative estimate of drug-likeness (QED) is 0.900. The fraction of sp³-hybridized carbons (Fsp3) is 0.571. The highest BCUT2D eigenvalue weighted by Gasteiger charge is 2.33. The molecule has 0 saturated carbocycles. The van der Waals surface area contributed by atoms with Crippen molar-refractivity contribution in [3.63, 3.8) is 0 Å². The maximum absolute atomic E-state index is 12.9. The molecule has 6 nitrogen and oxygen atoms in total. The second-order valence-corrected chi connectivity index (χ2v) is 7.21. The van der Waals surface area contributed by atoms with Crippen LogP contribution >= 0.6 is 0 Å². The molecule has 0 spiro atoms. The number of sulfonamides is 1. The molecule has 2 unspecified atom stereocenters. The Balaban J connectivity index is 2.43. The highest BCUT2D eigenvalue weighted by molar-refractivity contribution is 7.89. The summed E-state index contributed by atoms with van der Waals surface area (Å²) in [7, 11) is -0.646. The summed E-state index contributed by atoms with van der Waals surface area (Å²) in [6, 6.07) is 5.02. The number of methoxy groups -OCH3 is 2. The second kappa shape index (κ2) is 6.21. The third-order valence-electron chi connectivity index (χ3n) is 3.51. The molecule has 0 amide bonds. The molecule has 0 aromatic heterocycles. The van der Waals surface area contributed by atoms with E-state index in [0.717, 1.165) is 0 Å². The lowest BCUT2D eigenvalue weighted by Gasteiger charge is -2.35. The van der Waals surface area contributed by atoms with Gasteiger partial charge in [0.15, 0.2) is 0 Å². The Morgan fingerprint density at radius 2 is 1.76 bits per heavy atom. The first kappa shape index (κ1) is 16.1. The van der Waals surface area contributed by atoms with E-state index in [9.17, 15) is 8.42 Å². The van der Waals surface area contributed by atoms with Gasteiger partial charge >= 0.3 is 0 Å². The molecule has 21 heavy (non-hydrogen) atoms. The molecule has 0 bridgehead atoms. The normalized spacial score (nSPS) is 23.8. The molecule has 7 heteroatoms. The van der Waals surface area contributed by atoms with Crippen molar-refractivity contribution in [2.75, 3.05) is 27.3 Å². The first-order valence-electron chi connectivity index (χ1n) is 6.86. The minimum absolute atomic E-state index is 0.111. The summed E-state index contributed by atoms with van der Waals surface area (Å²) in [6.45, 7) is 4.82. The van der Waals surface area contributed by atoms with E-state index >= 15 is 0 Å². The number of nitrogens with zero attached hydrogens (tertiary/aromatic N) is 1. The molecule has 118 valence electrons. The molecular formula is C14H22N2O4S. The van der Waals surface area contributed by atoms with E-state index in [1.165, 1.54) is 24.6 Å². The number of rotatable bonds is 4. The largest absolute Gasteiger partial charge is 0.497 e. The molecule has 1 fully saturated rings. The maximum Gasteiger partial charge on any atom is 0.247 e. The van der Waals surface area contributed by atoms with Gasteiger partial charge in [-0.1, -0.05) is 0 Å². The van der Waals surface area contributed by atoms with Crippen molar-refractivity contribution < 1.29 is 17.9 Å². The standard InChI is InChI=1S/C14H22N2O4S/c1-10-8-16(9-11(2)15-10)21(17,18)14-7-12(19-3)5-6-13(14)20-4/h5-7,10-11,15H,8-9H2,1-4H3. The van der Waals surface area contributed by atoms with E-state index in [4.69, 9.17) is 9.47 Å². The third kappa shape index (κ3) is 3.30. The van der Waals surface area contributed by atoms with E-state index in [-0.39, 0.29) is 17.0 Å². The molecule has 0 radical (unpaired) electrons. The minimum Gasteiger partial charge on any atom is -0.497 e. The van der Waals surface area contributed by atoms with Crippen LogP contribution in [-0.4, -0.2) is 52.1 Å². The molecular weight excluding hydrogens is 292 g/mol. The van der Waals surface area contributed by atoms with Crippen molar-refractivity contribution in [2.45, 2.75) is 30.8 Å². The minimum atomic E-state index is -3.61. The predicted octanol–water partition coefficient (Wildman–Crippen LogP) is 1.07. The van der Waals surface area contributed by atoms with Gasteiger partial charge in [0.05, 0.1) is 14.2 Å². The van der Waals surface area contributed by atoms with E-state index in [2.05, 4.69) is 5.32 Å². The molecule has 2 rings (SSSR count). The van der Waals surface area contributed by atoms with E-state index in [1.807, 2.05) is 13.8 Å². The van der Waals surface area contributed by atoms with Gasteiger partial charge in [-0.3, -0.25) is 0 Å². The Labute approximate surface area is 126 Å². The van der Waals surface area contributed by atoms with Crippen LogP contribution in [0.2, 0.25) is 0 Å². The first-order valence-corrected chi connectivity index (χ1v) is 8.30. The van der Waals surface area contributed by atoms with Crippen LogP contribution in [0.3, 0.4) is 0 Å². The van der Waals surface area contributed by atoms with Gasteiger partial charge in [0, 0.05) is 31.2 Å². The molecule has 2 atom stereocenters. The van der Waals surface area contributed by atoms with E-state index < -0.39 is 10.0 Å². The lowest BCUT2D eigenvalue weighted by Crippen LogP contribution is -2.55. The average molecular weight is 314 g/mol. The van der Waals surface area contributed by atoms with Crippen molar-refractivity contribution in [1.82, 2.24) is 9.62 Å². The predicted molar refractivity (Wildman–Crippen MR) is 80.4 cm³/mol. The monoisotopic (exact) mass is 314 g/mol. The second-order valence-electron chi connectivity index (χ2n) is 5.31. The number of benzene rings is 1. The lowest BCUT2D eigenvalue weighted by atomic mass is 10.2. The smallest absolute Gasteiger partial charge is 0.247 e. The summed E-state index contributed by atoms with van der Waals surface area (Å²) in [5.74, 6) is 0.820. The molecule has 1 aliphatic rings. The Kier molecular flexibility index (Phi) is 4.75. The van der Waals surface area contributed by atoms with Gasteiger partial charge in [0.25, 0.3) is 0 Å². The van der Waals surface area contributed by atoms with Crippen LogP contribution in [0.5, 0.6) is 11.5 Å². The molecule has 1 saturated heterocycles. The summed E-state index contributed by atoms with van der Waals surface area (Å²) in [6.07, 6.45) is 0. The number of hydrogen-bond acceptors (Lipinski definition) is 5. The molecule has 1 aromatic rings. The zero-order chi connectivity index (χ0) is 15.6. The molecule has 1 N–H and O–H groups in total. The Morgan fingerprint density at radius 3 is 2.29 bits per heavy atom. The number of nitrogens with one attached hydrogen (secondary N) is 1. The van der Waals surface area contributed by atoms with Crippen LogP contribution in [0.4, 0.5) is 0 Å². The maximum atomic E-state index is 12.9. The van der Waals surface area contributed by atoms with Crippen LogP contribution in [0.15, 0.2) is 23.1 Å². The highest BCUT2D eigenvalue weighted by Crippen LogP contribution is 2.31. The summed E-state index contributed by atoms with van der Waals surface area (Å²) < 4.78 is 37.6. The van der Waals surface area contributed by atoms with Gasteiger partial charge in [0.2, 0.25) is 10.0 Å². The number of ether oxygens (including phenoxy) is 2. The van der Waals surface area contributed by atoms with E-state index in [0.29, 0.717) is 24.6 Å². The molecule has 1 heterocycles. The van der Waals surface area contributed by atoms with Gasteiger partial charge in [-0.15, -0.1) is 0 Å². The molecule has 0 aliphatic carbocycles. The van der Waals surface area contributed by atoms with Gasteiger partial charge in [-0.25, -0.2) is 8.42 Å². The van der Waals surface area contributed by atoms with Crippen molar-refractivity contribution >= 4 is 10.0 Å². The fourth-order valence-electron chi connectivity index (χ4n) is 2.60. The van der Waals surface area contributed by atoms with Crippen LogP contribution in [-0.2, 0) is 10.0 Å². The van der Waals surface area contributed by atoms with Gasteiger partial charge < -0.3 is 14.8 Å². The lowest BCUT2D eigenvalue weighted by molar-refractivity contribution is 0.262.